The molecule has 0 aliphatic heterocycles. The minimum absolute atomic E-state index is 0.0649. The lowest BCUT2D eigenvalue weighted by Crippen LogP contribution is -2.33. The fourth-order valence-corrected chi connectivity index (χ4v) is 1.05. The summed E-state index contributed by atoms with van der Waals surface area (Å²) in [7, 11) is 0. The van der Waals surface area contributed by atoms with Gasteiger partial charge in [-0.3, -0.25) is 4.79 Å². The van der Waals surface area contributed by atoms with Gasteiger partial charge in [0.2, 0.25) is 5.91 Å². The van der Waals surface area contributed by atoms with E-state index in [4.69, 9.17) is 5.11 Å². The van der Waals surface area contributed by atoms with Crippen LogP contribution in [0.25, 0.3) is 0 Å². The second kappa shape index (κ2) is 7.10. The van der Waals surface area contributed by atoms with Gasteiger partial charge in [-0.1, -0.05) is 20.3 Å². The van der Waals surface area contributed by atoms with E-state index in [-0.39, 0.29) is 12.5 Å². The Bertz CT molecular complexity index is 126. The Hall–Kier alpha value is -0.570. The fraction of sp³-hybridized carbons (Fsp3) is 0.889. The SMILES string of the molecule is CCCCN(CCO)C(=O)CC. The second-order valence-electron chi connectivity index (χ2n) is 2.81. The van der Waals surface area contributed by atoms with Gasteiger partial charge in [0.25, 0.3) is 0 Å². The van der Waals surface area contributed by atoms with Crippen LogP contribution in [0, 0.1) is 0 Å². The molecule has 0 aromatic heterocycles. The summed E-state index contributed by atoms with van der Waals surface area (Å²) in [5, 5.41) is 8.69. The van der Waals surface area contributed by atoms with E-state index >= 15 is 0 Å². The van der Waals surface area contributed by atoms with Crippen molar-refractivity contribution in [1.82, 2.24) is 4.90 Å². The summed E-state index contributed by atoms with van der Waals surface area (Å²) < 4.78 is 0. The van der Waals surface area contributed by atoms with Gasteiger partial charge in [-0.2, -0.15) is 0 Å². The number of nitrogens with zero attached hydrogens (tertiary/aromatic N) is 1. The van der Waals surface area contributed by atoms with Gasteiger partial charge in [-0.25, -0.2) is 0 Å². The maximum atomic E-state index is 11.2. The van der Waals surface area contributed by atoms with Gasteiger partial charge in [0.1, 0.15) is 0 Å². The van der Waals surface area contributed by atoms with Crippen LogP contribution in [0.1, 0.15) is 33.1 Å². The van der Waals surface area contributed by atoms with Crippen LogP contribution in [0.15, 0.2) is 0 Å². The normalized spacial score (nSPS) is 9.92. The molecule has 0 atom stereocenters. The van der Waals surface area contributed by atoms with Crippen LogP contribution in [0.5, 0.6) is 0 Å². The van der Waals surface area contributed by atoms with Crippen molar-refractivity contribution in [1.29, 1.82) is 0 Å². The Morgan fingerprint density at radius 1 is 1.33 bits per heavy atom. The van der Waals surface area contributed by atoms with Crippen molar-refractivity contribution in [3.63, 3.8) is 0 Å². The Morgan fingerprint density at radius 2 is 2.00 bits per heavy atom. The zero-order valence-corrected chi connectivity index (χ0v) is 8.05. The number of carbonyl (C=O) groups is 1. The van der Waals surface area contributed by atoms with Gasteiger partial charge in [0.15, 0.2) is 0 Å². The molecule has 3 nitrogen and oxygen atoms in total. The molecule has 0 aromatic carbocycles. The highest BCUT2D eigenvalue weighted by Gasteiger charge is 2.08. The van der Waals surface area contributed by atoms with Crippen molar-refractivity contribution in [2.24, 2.45) is 0 Å². The predicted octanol–water partition coefficient (Wildman–Crippen LogP) is 1.02. The standard InChI is InChI=1S/C9H19NO2/c1-3-5-6-10(7-8-11)9(12)4-2/h11H,3-8H2,1-2H3. The molecule has 1 N–H and O–H groups in total. The van der Waals surface area contributed by atoms with Gasteiger partial charge in [0.05, 0.1) is 6.61 Å². The average Bonchev–Trinajstić information content (AvgIpc) is 2.11. The van der Waals surface area contributed by atoms with Crippen LogP contribution in [-0.2, 0) is 4.79 Å². The topological polar surface area (TPSA) is 40.5 Å². The first kappa shape index (κ1) is 11.4. The zero-order valence-electron chi connectivity index (χ0n) is 8.05. The van der Waals surface area contributed by atoms with Crippen molar-refractivity contribution < 1.29 is 9.90 Å². The van der Waals surface area contributed by atoms with Crippen LogP contribution >= 0.6 is 0 Å². The summed E-state index contributed by atoms with van der Waals surface area (Å²) in [5.41, 5.74) is 0. The lowest BCUT2D eigenvalue weighted by molar-refractivity contribution is -0.131. The zero-order chi connectivity index (χ0) is 9.40. The first-order chi connectivity index (χ1) is 5.76. The molecule has 0 heterocycles. The molecule has 72 valence electrons. The Kier molecular flexibility index (Phi) is 6.76. The number of aliphatic hydroxyl groups excluding tert-OH is 1. The van der Waals surface area contributed by atoms with Crippen molar-refractivity contribution in [3.8, 4) is 0 Å². The molecule has 0 unspecified atom stereocenters. The molecular weight excluding hydrogens is 154 g/mol. The van der Waals surface area contributed by atoms with E-state index in [0.717, 1.165) is 19.4 Å². The third kappa shape index (κ3) is 4.34. The summed E-state index contributed by atoms with van der Waals surface area (Å²) in [4.78, 5) is 12.9. The number of hydrogen-bond acceptors (Lipinski definition) is 2. The molecule has 3 heteroatoms. The number of hydrogen-bond donors (Lipinski definition) is 1. The van der Waals surface area contributed by atoms with E-state index in [2.05, 4.69) is 6.92 Å². The summed E-state index contributed by atoms with van der Waals surface area (Å²) >= 11 is 0. The summed E-state index contributed by atoms with van der Waals surface area (Å²) in [6, 6.07) is 0. The second-order valence-corrected chi connectivity index (χ2v) is 2.81. The molecule has 0 saturated carbocycles. The van der Waals surface area contributed by atoms with Crippen molar-refractivity contribution in [2.45, 2.75) is 33.1 Å². The van der Waals surface area contributed by atoms with Crippen LogP contribution in [0.4, 0.5) is 0 Å². The first-order valence-corrected chi connectivity index (χ1v) is 4.64. The van der Waals surface area contributed by atoms with Gasteiger partial charge in [0, 0.05) is 19.5 Å². The number of amides is 1. The molecule has 0 spiro atoms. The van der Waals surface area contributed by atoms with Crippen molar-refractivity contribution >= 4 is 5.91 Å². The Labute approximate surface area is 74.4 Å². The minimum Gasteiger partial charge on any atom is -0.395 e. The highest BCUT2D eigenvalue weighted by molar-refractivity contribution is 5.75. The Balaban J connectivity index is 3.76. The van der Waals surface area contributed by atoms with Gasteiger partial charge < -0.3 is 10.0 Å². The van der Waals surface area contributed by atoms with E-state index in [9.17, 15) is 4.79 Å². The smallest absolute Gasteiger partial charge is 0.222 e. The Morgan fingerprint density at radius 3 is 2.42 bits per heavy atom. The van der Waals surface area contributed by atoms with Crippen LogP contribution < -0.4 is 0 Å². The van der Waals surface area contributed by atoms with Gasteiger partial charge in [-0.15, -0.1) is 0 Å². The van der Waals surface area contributed by atoms with Crippen LogP contribution in [0.2, 0.25) is 0 Å². The number of aliphatic hydroxyl groups is 1. The number of carbonyl (C=O) groups excluding carboxylic acids is 1. The van der Waals surface area contributed by atoms with E-state index in [1.165, 1.54) is 0 Å². The average molecular weight is 173 g/mol. The maximum Gasteiger partial charge on any atom is 0.222 e. The van der Waals surface area contributed by atoms with Gasteiger partial charge in [-0.05, 0) is 6.42 Å². The van der Waals surface area contributed by atoms with E-state index < -0.39 is 0 Å². The third-order valence-electron chi connectivity index (χ3n) is 1.81. The fourth-order valence-electron chi connectivity index (χ4n) is 1.05. The van der Waals surface area contributed by atoms with Gasteiger partial charge >= 0.3 is 0 Å². The minimum atomic E-state index is 0.0649. The maximum absolute atomic E-state index is 11.2. The predicted molar refractivity (Wildman–Crippen MR) is 48.9 cm³/mol. The van der Waals surface area contributed by atoms with E-state index in [1.807, 2.05) is 6.92 Å². The molecular formula is C9H19NO2. The molecule has 0 bridgehead atoms. The molecule has 0 aliphatic rings. The first-order valence-electron chi connectivity index (χ1n) is 4.64. The summed E-state index contributed by atoms with van der Waals surface area (Å²) in [6.45, 7) is 5.26. The third-order valence-corrected chi connectivity index (χ3v) is 1.81. The summed E-state index contributed by atoms with van der Waals surface area (Å²) in [6.07, 6.45) is 2.63. The largest absolute Gasteiger partial charge is 0.395 e. The quantitative estimate of drug-likeness (QED) is 0.651. The van der Waals surface area contributed by atoms with Crippen LogP contribution in [0.3, 0.4) is 0 Å². The highest BCUT2D eigenvalue weighted by atomic mass is 16.3. The molecule has 0 aromatic rings. The molecule has 0 saturated heterocycles. The van der Waals surface area contributed by atoms with Crippen LogP contribution in [-0.4, -0.2) is 35.6 Å². The number of rotatable bonds is 6. The lowest BCUT2D eigenvalue weighted by atomic mass is 10.3. The van der Waals surface area contributed by atoms with Crippen molar-refractivity contribution in [3.05, 3.63) is 0 Å². The summed E-state index contributed by atoms with van der Waals surface area (Å²) in [5.74, 6) is 0.137. The molecule has 1 amide bonds. The van der Waals surface area contributed by atoms with E-state index in [0.29, 0.717) is 13.0 Å². The highest BCUT2D eigenvalue weighted by Crippen LogP contribution is 1.97. The molecule has 0 aliphatic carbocycles. The molecule has 12 heavy (non-hydrogen) atoms. The number of unbranched alkanes of at least 4 members (excludes halogenated alkanes) is 1. The molecule has 0 rings (SSSR count). The molecule has 0 fully saturated rings. The van der Waals surface area contributed by atoms with Crippen molar-refractivity contribution in [2.75, 3.05) is 19.7 Å². The monoisotopic (exact) mass is 173 g/mol. The molecule has 0 radical (unpaired) electrons. The lowest BCUT2D eigenvalue weighted by Gasteiger charge is -2.20. The van der Waals surface area contributed by atoms with E-state index in [1.54, 1.807) is 4.90 Å².